The summed E-state index contributed by atoms with van der Waals surface area (Å²) in [5, 5.41) is 5.55. The van der Waals surface area contributed by atoms with E-state index in [2.05, 4.69) is 35.0 Å². The molecule has 0 spiro atoms. The van der Waals surface area contributed by atoms with Gasteiger partial charge in [-0.2, -0.15) is 0 Å². The lowest BCUT2D eigenvalue weighted by Crippen LogP contribution is -2.20. The second-order valence-electron chi connectivity index (χ2n) is 6.50. The fraction of sp³-hybridized carbons (Fsp3) is 0.500. The molecule has 0 fully saturated rings. The van der Waals surface area contributed by atoms with Crippen LogP contribution in [-0.2, 0) is 6.42 Å². The Kier molecular flexibility index (Phi) is 5.80. The largest absolute Gasteiger partial charge is 0.493 e. The monoisotopic (exact) mass is 345 g/mol. The number of ether oxygens (including phenoxy) is 2. The third-order valence-corrected chi connectivity index (χ3v) is 6.08. The summed E-state index contributed by atoms with van der Waals surface area (Å²) in [6.45, 7) is 1.03. The minimum absolute atomic E-state index is 0.569. The van der Waals surface area contributed by atoms with Gasteiger partial charge in [-0.05, 0) is 73.4 Å². The Hall–Kier alpha value is -1.52. The fourth-order valence-electron chi connectivity index (χ4n) is 3.89. The lowest BCUT2D eigenvalue weighted by atomic mass is 9.77. The number of hydrogen-bond donors (Lipinski definition) is 1. The van der Waals surface area contributed by atoms with Crippen LogP contribution in [0.2, 0.25) is 0 Å². The Bertz CT molecular complexity index is 654. The molecule has 0 radical (unpaired) electrons. The van der Waals surface area contributed by atoms with Crippen LogP contribution in [0.5, 0.6) is 11.5 Å². The number of benzene rings is 1. The number of aryl methyl sites for hydroxylation is 1. The van der Waals surface area contributed by atoms with Gasteiger partial charge in [0, 0.05) is 17.3 Å². The van der Waals surface area contributed by atoms with E-state index in [1.54, 1.807) is 14.2 Å². The van der Waals surface area contributed by atoms with E-state index in [4.69, 9.17) is 9.47 Å². The van der Waals surface area contributed by atoms with Gasteiger partial charge < -0.3 is 14.8 Å². The molecule has 1 aromatic heterocycles. The van der Waals surface area contributed by atoms with Crippen molar-refractivity contribution < 1.29 is 9.47 Å². The molecule has 4 heteroatoms. The Morgan fingerprint density at radius 1 is 1.25 bits per heavy atom. The summed E-state index contributed by atoms with van der Waals surface area (Å²) in [5.74, 6) is 2.86. The van der Waals surface area contributed by atoms with Crippen molar-refractivity contribution in [3.05, 3.63) is 45.6 Å². The van der Waals surface area contributed by atoms with Crippen LogP contribution < -0.4 is 14.8 Å². The zero-order chi connectivity index (χ0) is 16.9. The van der Waals surface area contributed by atoms with Crippen LogP contribution in [0.4, 0.5) is 0 Å². The average molecular weight is 346 g/mol. The van der Waals surface area contributed by atoms with Crippen LogP contribution in [0.25, 0.3) is 0 Å². The molecule has 2 aromatic rings. The highest BCUT2D eigenvalue weighted by Gasteiger charge is 2.26. The first-order chi connectivity index (χ1) is 11.8. The van der Waals surface area contributed by atoms with Gasteiger partial charge in [-0.25, -0.2) is 0 Å². The number of hydrogen-bond acceptors (Lipinski definition) is 4. The quantitative estimate of drug-likeness (QED) is 0.797. The van der Waals surface area contributed by atoms with Crippen molar-refractivity contribution in [2.75, 3.05) is 27.8 Å². The van der Waals surface area contributed by atoms with Crippen LogP contribution in [0, 0.1) is 0 Å². The van der Waals surface area contributed by atoms with Crippen molar-refractivity contribution in [3.63, 3.8) is 0 Å². The normalized spacial score (nSPS) is 18.0. The maximum atomic E-state index is 5.54. The summed E-state index contributed by atoms with van der Waals surface area (Å²) in [6, 6.07) is 8.82. The first-order valence-corrected chi connectivity index (χ1v) is 9.57. The van der Waals surface area contributed by atoms with Crippen LogP contribution in [0.3, 0.4) is 0 Å². The Labute approximate surface area is 149 Å². The highest BCUT2D eigenvalue weighted by molar-refractivity contribution is 7.10. The molecule has 0 saturated carbocycles. The molecule has 1 aliphatic rings. The summed E-state index contributed by atoms with van der Waals surface area (Å²) in [5.41, 5.74) is 2.88. The Morgan fingerprint density at radius 3 is 2.71 bits per heavy atom. The van der Waals surface area contributed by atoms with Gasteiger partial charge in [0.2, 0.25) is 0 Å². The summed E-state index contributed by atoms with van der Waals surface area (Å²) in [6.07, 6.45) is 4.84. The second kappa shape index (κ2) is 8.04. The van der Waals surface area contributed by atoms with E-state index in [0.29, 0.717) is 11.8 Å². The summed E-state index contributed by atoms with van der Waals surface area (Å²) < 4.78 is 11.0. The predicted octanol–water partition coefficient (Wildman–Crippen LogP) is 4.58. The zero-order valence-corrected chi connectivity index (χ0v) is 15.6. The van der Waals surface area contributed by atoms with Crippen molar-refractivity contribution in [2.45, 2.75) is 37.5 Å². The van der Waals surface area contributed by atoms with Crippen molar-refractivity contribution in [3.8, 4) is 11.5 Å². The van der Waals surface area contributed by atoms with Crippen LogP contribution >= 0.6 is 11.3 Å². The molecule has 0 amide bonds. The van der Waals surface area contributed by atoms with E-state index in [9.17, 15) is 0 Å². The molecule has 2 unspecified atom stereocenters. The van der Waals surface area contributed by atoms with Gasteiger partial charge in [-0.15, -0.1) is 11.3 Å². The van der Waals surface area contributed by atoms with Crippen molar-refractivity contribution in [1.82, 2.24) is 5.32 Å². The molecule has 24 heavy (non-hydrogen) atoms. The van der Waals surface area contributed by atoms with Gasteiger partial charge in [0.15, 0.2) is 11.5 Å². The number of nitrogens with one attached hydrogen (secondary N) is 1. The SMILES string of the molecule is CNCC(CC1CCCc2cc(OC)c(OC)cc21)c1cccs1. The van der Waals surface area contributed by atoms with Crippen LogP contribution in [0.1, 0.15) is 47.1 Å². The third kappa shape index (κ3) is 3.60. The molecule has 0 saturated heterocycles. The Morgan fingerprint density at radius 2 is 2.04 bits per heavy atom. The maximum absolute atomic E-state index is 5.54. The highest BCUT2D eigenvalue weighted by Crippen LogP contribution is 2.43. The van der Waals surface area contributed by atoms with E-state index >= 15 is 0 Å². The standard InChI is InChI=1S/C20H27NO2S/c1-21-13-16(20-8-5-9-24-20)10-14-6-4-7-15-11-18(22-2)19(23-3)12-17(14)15/h5,8-9,11-12,14,16,21H,4,6-7,10,13H2,1-3H3. The maximum Gasteiger partial charge on any atom is 0.161 e. The molecule has 130 valence electrons. The van der Waals surface area contributed by atoms with Crippen molar-refractivity contribution >= 4 is 11.3 Å². The van der Waals surface area contributed by atoms with E-state index in [0.717, 1.165) is 24.5 Å². The van der Waals surface area contributed by atoms with E-state index in [-0.39, 0.29) is 0 Å². The van der Waals surface area contributed by atoms with Gasteiger partial charge in [0.25, 0.3) is 0 Å². The molecule has 0 bridgehead atoms. The fourth-order valence-corrected chi connectivity index (χ4v) is 4.73. The molecular formula is C20H27NO2S. The first kappa shape index (κ1) is 17.3. The number of methoxy groups -OCH3 is 2. The average Bonchev–Trinajstić information content (AvgIpc) is 3.15. The van der Waals surface area contributed by atoms with Gasteiger partial charge in [-0.3, -0.25) is 0 Å². The van der Waals surface area contributed by atoms with E-state index in [1.807, 2.05) is 18.4 Å². The number of rotatable bonds is 7. The molecule has 1 aliphatic carbocycles. The third-order valence-electron chi connectivity index (χ3n) is 5.05. The van der Waals surface area contributed by atoms with Gasteiger partial charge in [0.05, 0.1) is 14.2 Å². The van der Waals surface area contributed by atoms with Crippen molar-refractivity contribution in [1.29, 1.82) is 0 Å². The van der Waals surface area contributed by atoms with Gasteiger partial charge in [0.1, 0.15) is 0 Å². The first-order valence-electron chi connectivity index (χ1n) is 8.69. The smallest absolute Gasteiger partial charge is 0.161 e. The van der Waals surface area contributed by atoms with Gasteiger partial charge in [-0.1, -0.05) is 6.07 Å². The highest BCUT2D eigenvalue weighted by atomic mass is 32.1. The minimum Gasteiger partial charge on any atom is -0.493 e. The topological polar surface area (TPSA) is 30.5 Å². The summed E-state index contributed by atoms with van der Waals surface area (Å²) in [4.78, 5) is 1.48. The number of likely N-dealkylation sites (N-methyl/N-ethyl adjacent to an activating group) is 1. The second-order valence-corrected chi connectivity index (χ2v) is 7.48. The van der Waals surface area contributed by atoms with Crippen molar-refractivity contribution in [2.24, 2.45) is 0 Å². The number of fused-ring (bicyclic) bond motifs is 1. The molecule has 1 N–H and O–H groups in total. The summed E-state index contributed by atoms with van der Waals surface area (Å²) >= 11 is 1.87. The lowest BCUT2D eigenvalue weighted by molar-refractivity contribution is 0.352. The molecule has 3 nitrogen and oxygen atoms in total. The molecule has 2 atom stereocenters. The summed E-state index contributed by atoms with van der Waals surface area (Å²) in [7, 11) is 5.48. The Balaban J connectivity index is 1.88. The van der Waals surface area contributed by atoms with E-state index in [1.165, 1.54) is 35.3 Å². The molecule has 0 aliphatic heterocycles. The van der Waals surface area contributed by atoms with Crippen LogP contribution in [-0.4, -0.2) is 27.8 Å². The molecule has 1 aromatic carbocycles. The molecule has 3 rings (SSSR count). The van der Waals surface area contributed by atoms with Crippen LogP contribution in [0.15, 0.2) is 29.6 Å². The lowest BCUT2D eigenvalue weighted by Gasteiger charge is -2.29. The zero-order valence-electron chi connectivity index (χ0n) is 14.8. The van der Waals surface area contributed by atoms with Gasteiger partial charge >= 0.3 is 0 Å². The molecule has 1 heterocycles. The molecular weight excluding hydrogens is 318 g/mol. The van der Waals surface area contributed by atoms with E-state index < -0.39 is 0 Å². The predicted molar refractivity (Wildman–Crippen MR) is 101 cm³/mol. The number of thiophene rings is 1. The minimum atomic E-state index is 0.569.